The SMILES string of the molecule is Clc1ccc(CC(Cl)c2sccc2Br)cc1Cl. The summed E-state index contributed by atoms with van der Waals surface area (Å²) in [5.74, 6) is 0. The molecule has 2 rings (SSSR count). The highest BCUT2D eigenvalue weighted by Gasteiger charge is 2.14. The number of rotatable bonds is 3. The summed E-state index contributed by atoms with van der Waals surface area (Å²) >= 11 is 23.4. The van der Waals surface area contributed by atoms with Gasteiger partial charge in [0, 0.05) is 9.35 Å². The van der Waals surface area contributed by atoms with Crippen molar-refractivity contribution >= 4 is 62.1 Å². The average Bonchev–Trinajstić information content (AvgIpc) is 2.70. The first-order chi connectivity index (χ1) is 8.08. The van der Waals surface area contributed by atoms with E-state index in [0.717, 1.165) is 21.3 Å². The molecule has 0 radical (unpaired) electrons. The molecule has 0 aliphatic rings. The number of benzene rings is 1. The first-order valence-corrected chi connectivity index (χ1v) is 7.75. The maximum atomic E-state index is 6.38. The van der Waals surface area contributed by atoms with E-state index in [9.17, 15) is 0 Å². The molecule has 1 atom stereocenters. The Hall–Kier alpha value is 0.270. The summed E-state index contributed by atoms with van der Waals surface area (Å²) in [6.07, 6.45) is 0.734. The molecule has 0 saturated heterocycles. The van der Waals surface area contributed by atoms with Crippen molar-refractivity contribution in [1.29, 1.82) is 0 Å². The third-order valence-electron chi connectivity index (χ3n) is 2.33. The van der Waals surface area contributed by atoms with Gasteiger partial charge in [0.15, 0.2) is 0 Å². The molecule has 1 aromatic heterocycles. The van der Waals surface area contributed by atoms with E-state index in [4.69, 9.17) is 34.8 Å². The summed E-state index contributed by atoms with van der Waals surface area (Å²) in [5.41, 5.74) is 1.08. The lowest BCUT2D eigenvalue weighted by molar-refractivity contribution is 0.936. The van der Waals surface area contributed by atoms with Gasteiger partial charge in [-0.05, 0) is 51.5 Å². The fourth-order valence-corrected chi connectivity index (χ4v) is 4.02. The quantitative estimate of drug-likeness (QED) is 0.553. The molecule has 0 nitrogen and oxygen atoms in total. The molecule has 17 heavy (non-hydrogen) atoms. The fraction of sp³-hybridized carbons (Fsp3) is 0.167. The van der Waals surface area contributed by atoms with Crippen LogP contribution in [0.15, 0.2) is 34.1 Å². The maximum Gasteiger partial charge on any atom is 0.0730 e. The van der Waals surface area contributed by atoms with Gasteiger partial charge in [-0.2, -0.15) is 0 Å². The molecule has 0 bridgehead atoms. The van der Waals surface area contributed by atoms with Gasteiger partial charge in [0.25, 0.3) is 0 Å². The molecule has 1 aromatic carbocycles. The van der Waals surface area contributed by atoms with Crippen molar-refractivity contribution in [1.82, 2.24) is 0 Å². The van der Waals surface area contributed by atoms with Gasteiger partial charge < -0.3 is 0 Å². The highest BCUT2D eigenvalue weighted by atomic mass is 79.9. The molecular formula is C12H8BrCl3S. The first-order valence-electron chi connectivity index (χ1n) is 4.89. The van der Waals surface area contributed by atoms with Gasteiger partial charge in [0.2, 0.25) is 0 Å². The molecule has 0 aliphatic heterocycles. The summed E-state index contributed by atoms with van der Waals surface area (Å²) in [6, 6.07) is 7.61. The summed E-state index contributed by atoms with van der Waals surface area (Å²) in [4.78, 5) is 1.14. The monoisotopic (exact) mass is 368 g/mol. The smallest absolute Gasteiger partial charge is 0.0730 e. The zero-order chi connectivity index (χ0) is 12.4. The van der Waals surface area contributed by atoms with Gasteiger partial charge in [0.05, 0.1) is 15.4 Å². The van der Waals surface area contributed by atoms with Crippen LogP contribution >= 0.6 is 62.1 Å². The van der Waals surface area contributed by atoms with E-state index in [-0.39, 0.29) is 5.38 Å². The zero-order valence-corrected chi connectivity index (χ0v) is 13.3. The van der Waals surface area contributed by atoms with Crippen LogP contribution in [0.2, 0.25) is 10.0 Å². The summed E-state index contributed by atoms with van der Waals surface area (Å²) in [7, 11) is 0. The Labute approximate surface area is 128 Å². The van der Waals surface area contributed by atoms with Crippen LogP contribution < -0.4 is 0 Å². The van der Waals surface area contributed by atoms with Crippen molar-refractivity contribution < 1.29 is 0 Å². The van der Waals surface area contributed by atoms with E-state index in [1.54, 1.807) is 17.4 Å². The second-order valence-electron chi connectivity index (χ2n) is 3.55. The topological polar surface area (TPSA) is 0 Å². The average molecular weight is 371 g/mol. The van der Waals surface area contributed by atoms with Gasteiger partial charge in [-0.1, -0.05) is 29.3 Å². The normalized spacial score (nSPS) is 12.7. The Morgan fingerprint density at radius 3 is 2.53 bits per heavy atom. The fourth-order valence-electron chi connectivity index (χ4n) is 1.50. The molecule has 0 amide bonds. The van der Waals surface area contributed by atoms with Crippen molar-refractivity contribution in [2.24, 2.45) is 0 Å². The minimum Gasteiger partial charge on any atom is -0.146 e. The Morgan fingerprint density at radius 1 is 1.18 bits per heavy atom. The predicted molar refractivity (Wildman–Crippen MR) is 80.8 cm³/mol. The maximum absolute atomic E-state index is 6.38. The molecule has 1 unspecified atom stereocenters. The highest BCUT2D eigenvalue weighted by Crippen LogP contribution is 2.35. The Kier molecular flexibility index (Phi) is 4.79. The number of hydrogen-bond acceptors (Lipinski definition) is 1. The van der Waals surface area contributed by atoms with Crippen LogP contribution in [0.3, 0.4) is 0 Å². The van der Waals surface area contributed by atoms with Crippen molar-refractivity contribution in [3.63, 3.8) is 0 Å². The lowest BCUT2D eigenvalue weighted by Crippen LogP contribution is -1.94. The lowest BCUT2D eigenvalue weighted by Gasteiger charge is -2.09. The second kappa shape index (κ2) is 5.94. The van der Waals surface area contributed by atoms with Crippen molar-refractivity contribution in [2.45, 2.75) is 11.8 Å². The van der Waals surface area contributed by atoms with E-state index in [2.05, 4.69) is 15.9 Å². The third-order valence-corrected chi connectivity index (χ3v) is 5.55. The summed E-state index contributed by atoms with van der Waals surface area (Å²) in [5, 5.41) is 3.10. The van der Waals surface area contributed by atoms with E-state index in [0.29, 0.717) is 10.0 Å². The minimum atomic E-state index is -0.0541. The molecule has 0 saturated carbocycles. The third kappa shape index (κ3) is 3.39. The molecule has 5 heteroatoms. The van der Waals surface area contributed by atoms with Crippen LogP contribution in [0, 0.1) is 0 Å². The van der Waals surface area contributed by atoms with Gasteiger partial charge in [-0.25, -0.2) is 0 Å². The van der Waals surface area contributed by atoms with Crippen LogP contribution in [-0.2, 0) is 6.42 Å². The molecule has 0 fully saturated rings. The molecule has 1 heterocycles. The molecular weight excluding hydrogens is 362 g/mol. The van der Waals surface area contributed by atoms with Crippen LogP contribution in [0.25, 0.3) is 0 Å². The number of alkyl halides is 1. The largest absolute Gasteiger partial charge is 0.146 e. The van der Waals surface area contributed by atoms with Crippen LogP contribution in [0.4, 0.5) is 0 Å². The van der Waals surface area contributed by atoms with Gasteiger partial charge in [-0.3, -0.25) is 0 Å². The number of thiophene rings is 1. The van der Waals surface area contributed by atoms with E-state index >= 15 is 0 Å². The van der Waals surface area contributed by atoms with Crippen LogP contribution in [0.1, 0.15) is 15.8 Å². The highest BCUT2D eigenvalue weighted by molar-refractivity contribution is 9.10. The second-order valence-corrected chi connectivity index (χ2v) is 6.70. The molecule has 90 valence electrons. The van der Waals surface area contributed by atoms with Crippen molar-refractivity contribution in [3.05, 3.63) is 54.6 Å². The minimum absolute atomic E-state index is 0.0541. The van der Waals surface area contributed by atoms with E-state index in [1.165, 1.54) is 0 Å². The lowest BCUT2D eigenvalue weighted by atomic mass is 10.1. The Bertz CT molecular complexity index is 524. The first kappa shape index (κ1) is 13.7. The van der Waals surface area contributed by atoms with Crippen molar-refractivity contribution in [3.8, 4) is 0 Å². The van der Waals surface area contributed by atoms with Gasteiger partial charge in [0.1, 0.15) is 0 Å². The van der Waals surface area contributed by atoms with Gasteiger partial charge in [-0.15, -0.1) is 22.9 Å². The molecule has 2 aromatic rings. The Morgan fingerprint density at radius 2 is 1.94 bits per heavy atom. The standard InChI is InChI=1S/C12H8BrCl3S/c13-8-3-4-17-12(8)11(16)6-7-1-2-9(14)10(15)5-7/h1-5,11H,6H2. The number of hydrogen-bond donors (Lipinski definition) is 0. The van der Waals surface area contributed by atoms with Crippen molar-refractivity contribution in [2.75, 3.05) is 0 Å². The van der Waals surface area contributed by atoms with Crippen LogP contribution in [0.5, 0.6) is 0 Å². The van der Waals surface area contributed by atoms with Gasteiger partial charge >= 0.3 is 0 Å². The van der Waals surface area contributed by atoms with Crippen LogP contribution in [-0.4, -0.2) is 0 Å². The number of halogens is 4. The molecule has 0 spiro atoms. The zero-order valence-electron chi connectivity index (χ0n) is 8.59. The predicted octanol–water partition coefficient (Wildman–Crippen LogP) is 6.34. The molecule has 0 N–H and O–H groups in total. The van der Waals surface area contributed by atoms with E-state index in [1.807, 2.05) is 23.6 Å². The summed E-state index contributed by atoms with van der Waals surface area (Å²) < 4.78 is 1.06. The summed E-state index contributed by atoms with van der Waals surface area (Å²) in [6.45, 7) is 0. The molecule has 0 aliphatic carbocycles. The Balaban J connectivity index is 2.16. The van der Waals surface area contributed by atoms with E-state index < -0.39 is 0 Å².